The van der Waals surface area contributed by atoms with Crippen molar-refractivity contribution in [2.24, 2.45) is 0 Å². The standard InChI is InChI=1S/C9H9N3O5S/c1-5-7(4-6(17-5)8(13)14)18(15,16)12-9-10-2-3-11-9/h2-4H,1H3,(H,13,14)(H2,10,11,12). The van der Waals surface area contributed by atoms with E-state index in [1.165, 1.54) is 19.3 Å². The highest BCUT2D eigenvalue weighted by molar-refractivity contribution is 7.92. The first-order valence-corrected chi connectivity index (χ1v) is 6.24. The molecule has 8 nitrogen and oxygen atoms in total. The third-order valence-corrected chi connectivity index (χ3v) is 3.55. The third-order valence-electron chi connectivity index (χ3n) is 2.10. The molecule has 18 heavy (non-hydrogen) atoms. The van der Waals surface area contributed by atoms with Gasteiger partial charge in [-0.1, -0.05) is 0 Å². The van der Waals surface area contributed by atoms with E-state index >= 15 is 0 Å². The molecule has 0 aromatic carbocycles. The van der Waals surface area contributed by atoms with Crippen LogP contribution in [0.2, 0.25) is 0 Å². The molecule has 0 aliphatic rings. The van der Waals surface area contributed by atoms with Gasteiger partial charge in [-0.05, 0) is 6.92 Å². The zero-order chi connectivity index (χ0) is 13.3. The van der Waals surface area contributed by atoms with Crippen molar-refractivity contribution in [2.45, 2.75) is 11.8 Å². The summed E-state index contributed by atoms with van der Waals surface area (Å²) in [6, 6.07) is 0.947. The topological polar surface area (TPSA) is 125 Å². The van der Waals surface area contributed by atoms with Gasteiger partial charge in [0.15, 0.2) is 0 Å². The van der Waals surface area contributed by atoms with Crippen molar-refractivity contribution < 1.29 is 22.7 Å². The van der Waals surface area contributed by atoms with Crippen LogP contribution in [0.25, 0.3) is 0 Å². The first kappa shape index (κ1) is 12.2. The number of aryl methyl sites for hydroxylation is 1. The van der Waals surface area contributed by atoms with Gasteiger partial charge in [-0.25, -0.2) is 22.9 Å². The average Bonchev–Trinajstić information content (AvgIpc) is 2.86. The van der Waals surface area contributed by atoms with E-state index in [2.05, 4.69) is 14.7 Å². The Morgan fingerprint density at radius 1 is 1.56 bits per heavy atom. The summed E-state index contributed by atoms with van der Waals surface area (Å²) in [4.78, 5) is 16.7. The highest BCUT2D eigenvalue weighted by Gasteiger charge is 2.24. The van der Waals surface area contributed by atoms with Crippen LogP contribution < -0.4 is 4.72 Å². The predicted molar refractivity (Wildman–Crippen MR) is 59.8 cm³/mol. The van der Waals surface area contributed by atoms with Gasteiger partial charge in [-0.2, -0.15) is 0 Å². The van der Waals surface area contributed by atoms with Crippen LogP contribution in [-0.2, 0) is 10.0 Å². The molecule has 0 radical (unpaired) electrons. The van der Waals surface area contributed by atoms with E-state index in [0.29, 0.717) is 0 Å². The van der Waals surface area contributed by atoms with Crippen molar-refractivity contribution in [2.75, 3.05) is 4.72 Å². The van der Waals surface area contributed by atoms with Crippen LogP contribution >= 0.6 is 0 Å². The Kier molecular flexibility index (Phi) is 2.83. The minimum Gasteiger partial charge on any atom is -0.475 e. The average molecular weight is 271 g/mol. The fourth-order valence-corrected chi connectivity index (χ4v) is 2.50. The van der Waals surface area contributed by atoms with Crippen molar-refractivity contribution in [1.82, 2.24) is 9.97 Å². The Morgan fingerprint density at radius 3 is 2.78 bits per heavy atom. The largest absolute Gasteiger partial charge is 0.475 e. The molecule has 0 atom stereocenters. The maximum Gasteiger partial charge on any atom is 0.371 e. The van der Waals surface area contributed by atoms with Crippen LogP contribution in [-0.4, -0.2) is 29.5 Å². The molecule has 0 fully saturated rings. The molecule has 2 rings (SSSR count). The lowest BCUT2D eigenvalue weighted by Gasteiger charge is -2.02. The fraction of sp³-hybridized carbons (Fsp3) is 0.111. The molecule has 0 aliphatic heterocycles. The number of carboxylic acid groups (broad SMARTS) is 1. The second kappa shape index (κ2) is 4.18. The van der Waals surface area contributed by atoms with Crippen molar-refractivity contribution in [1.29, 1.82) is 0 Å². The van der Waals surface area contributed by atoms with Crippen LogP contribution in [0.15, 0.2) is 27.8 Å². The SMILES string of the molecule is Cc1oc(C(=O)O)cc1S(=O)(=O)Nc1ncc[nH]1. The highest BCUT2D eigenvalue weighted by Crippen LogP contribution is 2.21. The maximum atomic E-state index is 11.9. The number of carboxylic acids is 1. The number of furan rings is 1. The van der Waals surface area contributed by atoms with Gasteiger partial charge >= 0.3 is 5.97 Å². The monoisotopic (exact) mass is 271 g/mol. The van der Waals surface area contributed by atoms with Crippen LogP contribution in [0.3, 0.4) is 0 Å². The summed E-state index contributed by atoms with van der Waals surface area (Å²) < 4.78 is 30.9. The molecule has 0 amide bonds. The molecule has 3 N–H and O–H groups in total. The van der Waals surface area contributed by atoms with Gasteiger partial charge in [0.25, 0.3) is 10.0 Å². The quantitative estimate of drug-likeness (QED) is 0.755. The predicted octanol–water partition coefficient (Wildman–Crippen LogP) is 0.810. The van der Waals surface area contributed by atoms with Gasteiger partial charge in [-0.3, -0.25) is 0 Å². The molecule has 0 saturated carbocycles. The first-order valence-electron chi connectivity index (χ1n) is 4.76. The minimum absolute atomic E-state index is 0.00791. The zero-order valence-corrected chi connectivity index (χ0v) is 9.98. The van der Waals surface area contributed by atoms with Crippen LogP contribution in [0, 0.1) is 6.92 Å². The number of rotatable bonds is 4. The summed E-state index contributed by atoms with van der Waals surface area (Å²) in [7, 11) is -3.93. The Labute approximate surface area is 102 Å². The smallest absolute Gasteiger partial charge is 0.371 e. The summed E-state index contributed by atoms with van der Waals surface area (Å²) in [6.07, 6.45) is 2.82. The number of aromatic nitrogens is 2. The van der Waals surface area contributed by atoms with Gasteiger partial charge in [0.05, 0.1) is 0 Å². The molecule has 2 heterocycles. The van der Waals surface area contributed by atoms with Crippen molar-refractivity contribution >= 4 is 21.9 Å². The summed E-state index contributed by atoms with van der Waals surface area (Å²) in [5.74, 6) is -1.75. The van der Waals surface area contributed by atoms with E-state index in [0.717, 1.165) is 6.07 Å². The van der Waals surface area contributed by atoms with Crippen LogP contribution in [0.4, 0.5) is 5.95 Å². The lowest BCUT2D eigenvalue weighted by atomic mass is 10.4. The zero-order valence-electron chi connectivity index (χ0n) is 9.17. The van der Waals surface area contributed by atoms with E-state index in [9.17, 15) is 13.2 Å². The summed E-state index contributed by atoms with van der Waals surface area (Å²) in [5, 5.41) is 8.72. The van der Waals surface area contributed by atoms with Crippen LogP contribution in [0.5, 0.6) is 0 Å². The Morgan fingerprint density at radius 2 is 2.28 bits per heavy atom. The van der Waals surface area contributed by atoms with Gasteiger partial charge in [0.2, 0.25) is 11.7 Å². The summed E-state index contributed by atoms with van der Waals surface area (Å²) in [5.41, 5.74) is 0. The number of H-pyrrole nitrogens is 1. The molecular formula is C9H9N3O5S. The molecule has 0 aliphatic carbocycles. The first-order chi connectivity index (χ1) is 8.40. The lowest BCUT2D eigenvalue weighted by Crippen LogP contribution is -2.14. The third kappa shape index (κ3) is 2.20. The summed E-state index contributed by atoms with van der Waals surface area (Å²) >= 11 is 0. The van der Waals surface area contributed by atoms with Gasteiger partial charge in [0.1, 0.15) is 10.7 Å². The Hall–Kier alpha value is -2.29. The number of nitrogens with zero attached hydrogens (tertiary/aromatic N) is 1. The normalized spacial score (nSPS) is 11.4. The number of carbonyl (C=O) groups is 1. The minimum atomic E-state index is -3.93. The molecule has 0 bridgehead atoms. The number of anilines is 1. The highest BCUT2D eigenvalue weighted by atomic mass is 32.2. The molecule has 9 heteroatoms. The number of hydrogen-bond acceptors (Lipinski definition) is 5. The van der Waals surface area contributed by atoms with Gasteiger partial charge in [0, 0.05) is 18.5 Å². The van der Waals surface area contributed by atoms with E-state index in [4.69, 9.17) is 9.52 Å². The molecule has 2 aromatic heterocycles. The molecule has 0 spiro atoms. The van der Waals surface area contributed by atoms with E-state index in [-0.39, 0.29) is 16.6 Å². The number of hydrogen-bond donors (Lipinski definition) is 3. The lowest BCUT2D eigenvalue weighted by molar-refractivity contribution is 0.0661. The second-order valence-corrected chi connectivity index (χ2v) is 5.03. The van der Waals surface area contributed by atoms with Crippen molar-refractivity contribution in [3.63, 3.8) is 0 Å². The van der Waals surface area contributed by atoms with Gasteiger partial charge < -0.3 is 14.5 Å². The molecule has 0 saturated heterocycles. The molecule has 96 valence electrons. The fourth-order valence-electron chi connectivity index (χ4n) is 1.34. The van der Waals surface area contributed by atoms with Gasteiger partial charge in [-0.15, -0.1) is 0 Å². The van der Waals surface area contributed by atoms with Crippen molar-refractivity contribution in [3.05, 3.63) is 30.0 Å². The Bertz CT molecular complexity index is 671. The van der Waals surface area contributed by atoms with E-state index in [1.807, 2.05) is 0 Å². The van der Waals surface area contributed by atoms with E-state index < -0.39 is 21.8 Å². The Balaban J connectivity index is 2.38. The van der Waals surface area contributed by atoms with Crippen LogP contribution in [0.1, 0.15) is 16.3 Å². The second-order valence-electron chi connectivity index (χ2n) is 3.38. The number of nitrogens with one attached hydrogen (secondary N) is 2. The number of aromatic amines is 1. The maximum absolute atomic E-state index is 11.9. The van der Waals surface area contributed by atoms with E-state index in [1.54, 1.807) is 0 Å². The number of imidazole rings is 1. The molecule has 2 aromatic rings. The number of aromatic carboxylic acids is 1. The molecular weight excluding hydrogens is 262 g/mol. The number of sulfonamides is 1. The summed E-state index contributed by atoms with van der Waals surface area (Å²) in [6.45, 7) is 1.36. The molecule has 0 unspecified atom stereocenters. The van der Waals surface area contributed by atoms with Crippen molar-refractivity contribution in [3.8, 4) is 0 Å².